The molecule has 1 N–H and O–H groups in total. The lowest BCUT2D eigenvalue weighted by atomic mass is 10.0. The van der Waals surface area contributed by atoms with Gasteiger partial charge >= 0.3 is 5.97 Å². The molecule has 0 spiro atoms. The lowest BCUT2D eigenvalue weighted by Crippen LogP contribution is -1.96. The highest BCUT2D eigenvalue weighted by Crippen LogP contribution is 2.34. The number of fused-ring (bicyclic) bond motifs is 1. The second kappa shape index (κ2) is 7.72. The van der Waals surface area contributed by atoms with Gasteiger partial charge in [-0.1, -0.05) is 17.3 Å². The molecule has 4 heterocycles. The second-order valence-electron chi connectivity index (χ2n) is 7.69. The standard InChI is InChI=1S/C24H20N4O3S/c1-13-22(14(2)31-27-13)18-8-21-23(26-9-18)20(16-4-6-17(7-5-16)24(29)30)12-28(21)11-19-10-25-15(3)32-19/h4-10,12H,11H2,1-3H3,(H,29,30). The summed E-state index contributed by atoms with van der Waals surface area (Å²) < 4.78 is 7.52. The van der Waals surface area contributed by atoms with E-state index in [2.05, 4.69) is 27.0 Å². The minimum atomic E-state index is -0.943. The Hall–Kier alpha value is -3.78. The number of aromatic carboxylic acids is 1. The molecule has 0 radical (unpaired) electrons. The third-order valence-corrected chi connectivity index (χ3v) is 6.37. The Labute approximate surface area is 188 Å². The van der Waals surface area contributed by atoms with Gasteiger partial charge in [0, 0.05) is 40.2 Å². The number of pyridine rings is 1. The second-order valence-corrected chi connectivity index (χ2v) is 9.01. The lowest BCUT2D eigenvalue weighted by Gasteiger charge is -2.05. The zero-order valence-corrected chi connectivity index (χ0v) is 18.6. The molecule has 0 unspecified atom stereocenters. The van der Waals surface area contributed by atoms with Gasteiger partial charge in [0.2, 0.25) is 0 Å². The number of hydrogen-bond acceptors (Lipinski definition) is 6. The number of nitrogens with zero attached hydrogens (tertiary/aromatic N) is 4. The Balaban J connectivity index is 1.68. The minimum Gasteiger partial charge on any atom is -0.478 e. The van der Waals surface area contributed by atoms with E-state index in [0.717, 1.165) is 54.6 Å². The summed E-state index contributed by atoms with van der Waals surface area (Å²) in [5, 5.41) is 14.3. The summed E-state index contributed by atoms with van der Waals surface area (Å²) in [6.07, 6.45) is 5.81. The largest absolute Gasteiger partial charge is 0.478 e. The number of carbonyl (C=O) groups is 1. The van der Waals surface area contributed by atoms with Gasteiger partial charge in [-0.25, -0.2) is 9.78 Å². The predicted molar refractivity (Wildman–Crippen MR) is 123 cm³/mol. The monoisotopic (exact) mass is 444 g/mol. The van der Waals surface area contributed by atoms with Crippen LogP contribution < -0.4 is 0 Å². The SMILES string of the molecule is Cc1ncc(Cn2cc(-c3ccc(C(=O)O)cc3)c3ncc(-c4c(C)noc4C)cc32)s1. The van der Waals surface area contributed by atoms with Crippen molar-refractivity contribution in [1.29, 1.82) is 0 Å². The molecular formula is C24H20N4O3S. The van der Waals surface area contributed by atoms with Crippen molar-refractivity contribution in [3.05, 3.63) is 75.8 Å². The van der Waals surface area contributed by atoms with Crippen molar-refractivity contribution < 1.29 is 14.4 Å². The van der Waals surface area contributed by atoms with E-state index in [1.54, 1.807) is 23.5 Å². The third kappa shape index (κ3) is 3.48. The smallest absolute Gasteiger partial charge is 0.335 e. The molecule has 7 nitrogen and oxygen atoms in total. The van der Waals surface area contributed by atoms with Crippen molar-refractivity contribution in [3.63, 3.8) is 0 Å². The molecule has 0 fully saturated rings. The third-order valence-electron chi connectivity index (χ3n) is 5.48. The van der Waals surface area contributed by atoms with Crippen LogP contribution in [0, 0.1) is 20.8 Å². The van der Waals surface area contributed by atoms with Gasteiger partial charge in [-0.15, -0.1) is 11.3 Å². The van der Waals surface area contributed by atoms with Gasteiger partial charge in [-0.3, -0.25) is 4.98 Å². The molecule has 0 aliphatic carbocycles. The molecule has 32 heavy (non-hydrogen) atoms. The minimum absolute atomic E-state index is 0.256. The highest BCUT2D eigenvalue weighted by atomic mass is 32.1. The summed E-state index contributed by atoms with van der Waals surface area (Å²) in [4.78, 5) is 21.6. The molecule has 160 valence electrons. The molecule has 0 aliphatic heterocycles. The number of rotatable bonds is 5. The van der Waals surface area contributed by atoms with E-state index in [9.17, 15) is 9.90 Å². The van der Waals surface area contributed by atoms with E-state index >= 15 is 0 Å². The van der Waals surface area contributed by atoms with Crippen LogP contribution in [0.15, 0.2) is 53.4 Å². The first-order valence-electron chi connectivity index (χ1n) is 10.1. The molecular weight excluding hydrogens is 424 g/mol. The summed E-state index contributed by atoms with van der Waals surface area (Å²) in [5.74, 6) is -0.189. The van der Waals surface area contributed by atoms with Crippen LogP contribution in [0.2, 0.25) is 0 Å². The number of carboxylic acid groups (broad SMARTS) is 1. The molecule has 0 saturated heterocycles. The molecule has 5 aromatic rings. The van der Waals surface area contributed by atoms with E-state index in [-0.39, 0.29) is 5.56 Å². The van der Waals surface area contributed by atoms with Crippen LogP contribution in [-0.4, -0.2) is 30.8 Å². The quantitative estimate of drug-likeness (QED) is 0.385. The topological polar surface area (TPSA) is 94.0 Å². The average Bonchev–Trinajstić information content (AvgIpc) is 3.45. The van der Waals surface area contributed by atoms with Crippen molar-refractivity contribution in [2.75, 3.05) is 0 Å². The highest BCUT2D eigenvalue weighted by Gasteiger charge is 2.18. The van der Waals surface area contributed by atoms with Crippen molar-refractivity contribution >= 4 is 28.3 Å². The summed E-state index contributed by atoms with van der Waals surface area (Å²) in [5.41, 5.74) is 6.67. The van der Waals surface area contributed by atoms with Gasteiger partial charge in [0.15, 0.2) is 0 Å². The Morgan fingerprint density at radius 1 is 1.09 bits per heavy atom. The molecule has 1 aromatic carbocycles. The predicted octanol–water partition coefficient (Wildman–Crippen LogP) is 5.49. The summed E-state index contributed by atoms with van der Waals surface area (Å²) >= 11 is 1.67. The summed E-state index contributed by atoms with van der Waals surface area (Å²) in [6, 6.07) is 8.99. The van der Waals surface area contributed by atoms with Crippen molar-refractivity contribution in [1.82, 2.24) is 19.7 Å². The van der Waals surface area contributed by atoms with E-state index in [1.165, 1.54) is 0 Å². The van der Waals surface area contributed by atoms with E-state index in [4.69, 9.17) is 9.51 Å². The average molecular weight is 445 g/mol. The number of aromatic nitrogens is 4. The van der Waals surface area contributed by atoms with E-state index < -0.39 is 5.97 Å². The molecule has 0 amide bonds. The fourth-order valence-electron chi connectivity index (χ4n) is 3.98. The lowest BCUT2D eigenvalue weighted by molar-refractivity contribution is 0.0697. The number of carboxylic acids is 1. The Kier molecular flexibility index (Phi) is 4.86. The van der Waals surface area contributed by atoms with Crippen LogP contribution in [0.25, 0.3) is 33.3 Å². The number of thiazole rings is 1. The van der Waals surface area contributed by atoms with E-state index in [0.29, 0.717) is 6.54 Å². The first-order valence-corrected chi connectivity index (χ1v) is 10.9. The highest BCUT2D eigenvalue weighted by molar-refractivity contribution is 7.11. The molecule has 0 atom stereocenters. The Morgan fingerprint density at radius 2 is 1.88 bits per heavy atom. The van der Waals surface area contributed by atoms with Crippen LogP contribution >= 0.6 is 11.3 Å². The van der Waals surface area contributed by atoms with Crippen molar-refractivity contribution in [2.24, 2.45) is 0 Å². The maximum Gasteiger partial charge on any atom is 0.335 e. The van der Waals surface area contributed by atoms with Crippen LogP contribution in [0.1, 0.15) is 31.7 Å². The first kappa shape index (κ1) is 20.1. The van der Waals surface area contributed by atoms with Gasteiger partial charge in [0.1, 0.15) is 5.76 Å². The Bertz CT molecular complexity index is 1440. The summed E-state index contributed by atoms with van der Waals surface area (Å²) in [6.45, 7) is 6.48. The van der Waals surface area contributed by atoms with Gasteiger partial charge in [-0.05, 0) is 44.5 Å². The molecule has 0 bridgehead atoms. The molecule has 0 saturated carbocycles. The first-order chi connectivity index (χ1) is 15.4. The Morgan fingerprint density at radius 3 is 2.50 bits per heavy atom. The van der Waals surface area contributed by atoms with Crippen molar-refractivity contribution in [2.45, 2.75) is 27.3 Å². The molecule has 8 heteroatoms. The molecule has 0 aliphatic rings. The number of benzene rings is 1. The fraction of sp³-hybridized carbons (Fsp3) is 0.167. The fourth-order valence-corrected chi connectivity index (χ4v) is 4.77. The maximum atomic E-state index is 11.2. The normalized spacial score (nSPS) is 11.3. The summed E-state index contributed by atoms with van der Waals surface area (Å²) in [7, 11) is 0. The molecule has 5 rings (SSSR count). The number of hydrogen-bond donors (Lipinski definition) is 1. The molecule has 4 aromatic heterocycles. The van der Waals surface area contributed by atoms with Crippen molar-refractivity contribution in [3.8, 4) is 22.3 Å². The zero-order chi connectivity index (χ0) is 22.4. The van der Waals surface area contributed by atoms with Crippen LogP contribution in [-0.2, 0) is 6.54 Å². The van der Waals surface area contributed by atoms with Crippen LogP contribution in [0.4, 0.5) is 0 Å². The van der Waals surface area contributed by atoms with Crippen LogP contribution in [0.3, 0.4) is 0 Å². The van der Waals surface area contributed by atoms with Crippen LogP contribution in [0.5, 0.6) is 0 Å². The van der Waals surface area contributed by atoms with E-state index in [1.807, 2.05) is 45.3 Å². The van der Waals surface area contributed by atoms with Gasteiger partial charge in [0.25, 0.3) is 0 Å². The van der Waals surface area contributed by atoms with Gasteiger partial charge < -0.3 is 14.2 Å². The maximum absolute atomic E-state index is 11.2. The van der Waals surface area contributed by atoms with Gasteiger partial charge in [-0.2, -0.15) is 0 Å². The zero-order valence-electron chi connectivity index (χ0n) is 17.8. The number of aryl methyl sites for hydroxylation is 3. The van der Waals surface area contributed by atoms with Gasteiger partial charge in [0.05, 0.1) is 33.8 Å².